The molecule has 35 heavy (non-hydrogen) atoms. The van der Waals surface area contributed by atoms with Gasteiger partial charge >= 0.3 is 6.09 Å². The lowest BCUT2D eigenvalue weighted by molar-refractivity contribution is -0.117. The molecule has 0 saturated carbocycles. The standard InChI is InChI=1S/C25H29N7O3/c1-3-35-25(34)32-14-12-31(13-15-32)17-23(33)28-19-8-7-18(2)22(16-19)30-24-27-11-9-21(29-24)20-6-4-5-10-26-20/h4-11,16H,3,12-15,17H2,1-2H3,(H,28,33)(H,27,29,30). The number of hydrogen-bond acceptors (Lipinski definition) is 8. The lowest BCUT2D eigenvalue weighted by atomic mass is 10.1. The van der Waals surface area contributed by atoms with Gasteiger partial charge in [0.05, 0.1) is 24.5 Å². The van der Waals surface area contributed by atoms with Gasteiger partial charge in [-0.3, -0.25) is 14.7 Å². The van der Waals surface area contributed by atoms with Crippen LogP contribution in [0, 0.1) is 6.92 Å². The van der Waals surface area contributed by atoms with Crippen LogP contribution in [0.25, 0.3) is 11.4 Å². The second-order valence-electron chi connectivity index (χ2n) is 8.15. The Labute approximate surface area is 204 Å². The minimum atomic E-state index is -0.300. The van der Waals surface area contributed by atoms with Crippen LogP contribution in [0.1, 0.15) is 12.5 Å². The first kappa shape index (κ1) is 24.1. The van der Waals surface area contributed by atoms with E-state index in [1.54, 1.807) is 24.2 Å². The molecule has 1 aromatic carbocycles. The van der Waals surface area contributed by atoms with Crippen molar-refractivity contribution < 1.29 is 14.3 Å². The molecule has 3 aromatic rings. The topological polar surface area (TPSA) is 113 Å². The molecular weight excluding hydrogens is 446 g/mol. The van der Waals surface area contributed by atoms with Gasteiger partial charge in [0.2, 0.25) is 11.9 Å². The Morgan fingerprint density at radius 3 is 2.57 bits per heavy atom. The number of carbonyl (C=O) groups excluding carboxylic acids is 2. The third kappa shape index (κ3) is 6.51. The van der Waals surface area contributed by atoms with E-state index in [2.05, 4.69) is 25.6 Å². The quantitative estimate of drug-likeness (QED) is 0.535. The van der Waals surface area contributed by atoms with E-state index in [-0.39, 0.29) is 18.5 Å². The Morgan fingerprint density at radius 2 is 1.83 bits per heavy atom. The zero-order chi connectivity index (χ0) is 24.6. The second-order valence-corrected chi connectivity index (χ2v) is 8.15. The predicted molar refractivity (Wildman–Crippen MR) is 133 cm³/mol. The van der Waals surface area contributed by atoms with Gasteiger partial charge in [-0.15, -0.1) is 0 Å². The number of ether oxygens (including phenoxy) is 1. The second kappa shape index (κ2) is 11.4. The summed E-state index contributed by atoms with van der Waals surface area (Å²) in [7, 11) is 0. The summed E-state index contributed by atoms with van der Waals surface area (Å²) < 4.78 is 5.04. The number of nitrogens with one attached hydrogen (secondary N) is 2. The Morgan fingerprint density at radius 1 is 1.00 bits per heavy atom. The van der Waals surface area contributed by atoms with E-state index in [0.717, 1.165) is 16.9 Å². The summed E-state index contributed by atoms with van der Waals surface area (Å²) in [5.41, 5.74) is 3.94. The molecule has 1 aliphatic rings. The summed E-state index contributed by atoms with van der Waals surface area (Å²) in [5, 5.41) is 6.20. The zero-order valence-electron chi connectivity index (χ0n) is 19.9. The van der Waals surface area contributed by atoms with Gasteiger partial charge in [0, 0.05) is 49.9 Å². The van der Waals surface area contributed by atoms with Crippen LogP contribution in [0.2, 0.25) is 0 Å². The maximum atomic E-state index is 12.6. The number of nitrogens with zero attached hydrogens (tertiary/aromatic N) is 5. The average Bonchev–Trinajstić information content (AvgIpc) is 2.87. The number of pyridine rings is 1. The smallest absolute Gasteiger partial charge is 0.409 e. The number of rotatable bonds is 7. The van der Waals surface area contributed by atoms with Gasteiger partial charge in [0.1, 0.15) is 0 Å². The summed E-state index contributed by atoms with van der Waals surface area (Å²) in [5.74, 6) is 0.331. The van der Waals surface area contributed by atoms with Crippen molar-refractivity contribution >= 4 is 29.3 Å². The minimum absolute atomic E-state index is 0.113. The van der Waals surface area contributed by atoms with E-state index < -0.39 is 0 Å². The Balaban J connectivity index is 1.35. The molecule has 2 N–H and O–H groups in total. The van der Waals surface area contributed by atoms with Crippen LogP contribution < -0.4 is 10.6 Å². The van der Waals surface area contributed by atoms with Crippen molar-refractivity contribution in [2.45, 2.75) is 13.8 Å². The summed E-state index contributed by atoms with van der Waals surface area (Å²) in [6.07, 6.45) is 3.11. The zero-order valence-corrected chi connectivity index (χ0v) is 19.9. The fraction of sp³-hybridized carbons (Fsp3) is 0.320. The molecule has 4 rings (SSSR count). The molecule has 1 aliphatic heterocycles. The van der Waals surface area contributed by atoms with E-state index in [9.17, 15) is 9.59 Å². The van der Waals surface area contributed by atoms with Crippen molar-refractivity contribution in [3.8, 4) is 11.4 Å². The molecule has 0 unspecified atom stereocenters. The number of piperazine rings is 1. The van der Waals surface area contributed by atoms with E-state index in [1.165, 1.54) is 0 Å². The molecule has 2 aromatic heterocycles. The maximum absolute atomic E-state index is 12.6. The van der Waals surface area contributed by atoms with Gasteiger partial charge in [-0.2, -0.15) is 0 Å². The van der Waals surface area contributed by atoms with Crippen molar-refractivity contribution in [1.82, 2.24) is 24.8 Å². The molecule has 10 nitrogen and oxygen atoms in total. The highest BCUT2D eigenvalue weighted by molar-refractivity contribution is 5.93. The molecule has 1 saturated heterocycles. The van der Waals surface area contributed by atoms with Crippen LogP contribution in [0.15, 0.2) is 54.9 Å². The van der Waals surface area contributed by atoms with Gasteiger partial charge < -0.3 is 20.3 Å². The monoisotopic (exact) mass is 475 g/mol. The highest BCUT2D eigenvalue weighted by atomic mass is 16.6. The third-order valence-corrected chi connectivity index (χ3v) is 5.62. The highest BCUT2D eigenvalue weighted by Crippen LogP contribution is 2.24. The van der Waals surface area contributed by atoms with E-state index in [1.807, 2.05) is 54.3 Å². The number of aromatic nitrogens is 3. The Bertz CT molecular complexity index is 1160. The van der Waals surface area contributed by atoms with Crippen LogP contribution in [0.3, 0.4) is 0 Å². The lowest BCUT2D eigenvalue weighted by Crippen LogP contribution is -2.50. The lowest BCUT2D eigenvalue weighted by Gasteiger charge is -2.33. The minimum Gasteiger partial charge on any atom is -0.450 e. The number of benzene rings is 1. The van der Waals surface area contributed by atoms with Crippen molar-refractivity contribution in [2.75, 3.05) is 50.0 Å². The largest absolute Gasteiger partial charge is 0.450 e. The van der Waals surface area contributed by atoms with Crippen LogP contribution in [0.4, 0.5) is 22.1 Å². The Kier molecular flexibility index (Phi) is 7.84. The summed E-state index contributed by atoms with van der Waals surface area (Å²) in [6.45, 7) is 6.70. The van der Waals surface area contributed by atoms with E-state index in [0.29, 0.717) is 50.1 Å². The van der Waals surface area contributed by atoms with Crippen LogP contribution >= 0.6 is 0 Å². The van der Waals surface area contributed by atoms with Gasteiger partial charge in [0.25, 0.3) is 0 Å². The summed E-state index contributed by atoms with van der Waals surface area (Å²) in [6, 6.07) is 13.1. The first-order chi connectivity index (χ1) is 17.0. The number of carbonyl (C=O) groups is 2. The first-order valence-corrected chi connectivity index (χ1v) is 11.6. The van der Waals surface area contributed by atoms with Crippen LogP contribution in [0.5, 0.6) is 0 Å². The molecule has 0 bridgehead atoms. The number of hydrogen-bond donors (Lipinski definition) is 2. The molecule has 0 aliphatic carbocycles. The van der Waals surface area contributed by atoms with Gasteiger partial charge in [-0.05, 0) is 49.7 Å². The highest BCUT2D eigenvalue weighted by Gasteiger charge is 2.23. The average molecular weight is 476 g/mol. The summed E-state index contributed by atoms with van der Waals surface area (Å²) in [4.78, 5) is 41.4. The first-order valence-electron chi connectivity index (χ1n) is 11.6. The molecule has 1 fully saturated rings. The molecule has 0 spiro atoms. The third-order valence-electron chi connectivity index (χ3n) is 5.62. The maximum Gasteiger partial charge on any atom is 0.409 e. The van der Waals surface area contributed by atoms with E-state index >= 15 is 0 Å². The molecule has 3 heterocycles. The number of anilines is 3. The SMILES string of the molecule is CCOC(=O)N1CCN(CC(=O)Nc2ccc(C)c(Nc3nccc(-c4ccccn4)n3)c2)CC1. The molecule has 0 radical (unpaired) electrons. The van der Waals surface area contributed by atoms with Crippen LogP contribution in [-0.4, -0.2) is 76.1 Å². The fourth-order valence-corrected chi connectivity index (χ4v) is 3.74. The van der Waals surface area contributed by atoms with E-state index in [4.69, 9.17) is 4.74 Å². The fourth-order valence-electron chi connectivity index (χ4n) is 3.74. The number of aryl methyl sites for hydroxylation is 1. The molecular formula is C25H29N7O3. The normalized spacial score (nSPS) is 13.8. The Hall–Kier alpha value is -4.05. The van der Waals surface area contributed by atoms with Crippen LogP contribution in [-0.2, 0) is 9.53 Å². The van der Waals surface area contributed by atoms with Crippen molar-refractivity contribution in [2.24, 2.45) is 0 Å². The van der Waals surface area contributed by atoms with Gasteiger partial charge in [-0.1, -0.05) is 12.1 Å². The molecule has 182 valence electrons. The van der Waals surface area contributed by atoms with Gasteiger partial charge in [0.15, 0.2) is 0 Å². The van der Waals surface area contributed by atoms with Crippen molar-refractivity contribution in [3.63, 3.8) is 0 Å². The molecule has 0 atom stereocenters. The molecule has 2 amide bonds. The summed E-state index contributed by atoms with van der Waals surface area (Å²) >= 11 is 0. The van der Waals surface area contributed by atoms with Crippen molar-refractivity contribution in [1.29, 1.82) is 0 Å². The van der Waals surface area contributed by atoms with Crippen molar-refractivity contribution in [3.05, 3.63) is 60.4 Å². The predicted octanol–water partition coefficient (Wildman–Crippen LogP) is 3.30. The number of amides is 2. The van der Waals surface area contributed by atoms with Gasteiger partial charge in [-0.25, -0.2) is 14.8 Å². The molecule has 10 heteroatoms.